The quantitative estimate of drug-likeness (QED) is 0.0668. The van der Waals surface area contributed by atoms with E-state index in [9.17, 15) is 48.7 Å². The van der Waals surface area contributed by atoms with Crippen molar-refractivity contribution >= 4 is 39.5 Å². The molecule has 316 valence electrons. The third-order valence-corrected chi connectivity index (χ3v) is 9.29. The number of rotatable bonds is 18. The van der Waals surface area contributed by atoms with E-state index >= 15 is 0 Å². The number of hydrogen-bond acceptors (Lipinski definition) is 21. The van der Waals surface area contributed by atoms with Gasteiger partial charge in [0.1, 0.15) is 30.5 Å². The van der Waals surface area contributed by atoms with Crippen molar-refractivity contribution in [2.24, 2.45) is 21.7 Å². The second kappa shape index (κ2) is 19.9. The van der Waals surface area contributed by atoms with Crippen LogP contribution in [0.15, 0.2) is 0 Å². The molecule has 0 saturated carbocycles. The van der Waals surface area contributed by atoms with Gasteiger partial charge in [-0.1, -0.05) is 0 Å². The van der Waals surface area contributed by atoms with Crippen LogP contribution in [0.1, 0.15) is 83.1 Å². The fraction of sp³-hybridized carbons (Fsp3) is 0.871. The zero-order valence-electron chi connectivity index (χ0n) is 32.6. The van der Waals surface area contributed by atoms with Gasteiger partial charge in [0, 0.05) is 0 Å². The van der Waals surface area contributed by atoms with Crippen molar-refractivity contribution in [1.82, 2.24) is 0 Å². The highest BCUT2D eigenvalue weighted by Gasteiger charge is 2.50. The van der Waals surface area contributed by atoms with E-state index in [4.69, 9.17) is 50.8 Å². The smallest absolute Gasteiger partial charge is 0.437 e. The summed E-state index contributed by atoms with van der Waals surface area (Å²) in [5.74, 6) is -3.13. The van der Waals surface area contributed by atoms with Crippen LogP contribution in [-0.2, 0) is 79.1 Å². The largest absolute Gasteiger partial charge is 0.483 e. The molecule has 0 aromatic rings. The number of esters is 4. The molecule has 0 aliphatic carbocycles. The predicted octanol–water partition coefficient (Wildman–Crippen LogP) is 2.66. The number of aliphatic hydroxyl groups excluding tert-OH is 4. The maximum absolute atomic E-state index is 13.6. The Morgan fingerprint density at radius 1 is 0.537 bits per heavy atom. The maximum atomic E-state index is 13.6. The standard InChI is InChI=1S/C31H56O21P2/c1-28(2,3)24(36)42-14-47-53(40,48-15-43-25(37)29(4,5)6)46-13-18(32)22-20(34)19(33)21(35)23(51-22)52-54(41,49-16-44-26(38)30(7,8)9)50-17-45-27(39)31(10,11)12/h18-23,32-35H,13-17H2,1-12H3/t18?,19-,20-,21-,22+,23+/m0/s1. The van der Waals surface area contributed by atoms with E-state index in [-0.39, 0.29) is 0 Å². The third kappa shape index (κ3) is 16.6. The monoisotopic (exact) mass is 826 g/mol. The lowest BCUT2D eigenvalue weighted by molar-refractivity contribution is -0.294. The molecule has 4 N–H and O–H groups in total. The molecule has 23 heteroatoms. The molecule has 1 aliphatic heterocycles. The van der Waals surface area contributed by atoms with Crippen molar-refractivity contribution in [2.45, 2.75) is 120 Å². The highest BCUT2D eigenvalue weighted by Crippen LogP contribution is 2.53. The molecule has 21 nitrogen and oxygen atoms in total. The summed E-state index contributed by atoms with van der Waals surface area (Å²) in [6.45, 7) is 13.1. The first-order valence-corrected chi connectivity index (χ1v) is 19.4. The number of aliphatic hydroxyl groups is 4. The first-order chi connectivity index (χ1) is 24.3. The van der Waals surface area contributed by atoms with E-state index in [1.54, 1.807) is 0 Å². The third-order valence-electron chi connectivity index (χ3n) is 6.68. The normalized spacial score (nSPS) is 22.3. The fourth-order valence-electron chi connectivity index (χ4n) is 3.32. The van der Waals surface area contributed by atoms with Crippen molar-refractivity contribution in [1.29, 1.82) is 0 Å². The van der Waals surface area contributed by atoms with Crippen molar-refractivity contribution in [2.75, 3.05) is 33.8 Å². The second-order valence-corrected chi connectivity index (χ2v) is 19.3. The van der Waals surface area contributed by atoms with Crippen LogP contribution < -0.4 is 0 Å². The molecule has 0 bridgehead atoms. The Labute approximate surface area is 314 Å². The molecule has 1 rings (SSSR count). The summed E-state index contributed by atoms with van der Waals surface area (Å²) in [6, 6.07) is 0. The van der Waals surface area contributed by atoms with E-state index in [2.05, 4.69) is 0 Å². The minimum atomic E-state index is -5.07. The van der Waals surface area contributed by atoms with Crippen molar-refractivity contribution in [3.63, 3.8) is 0 Å². The number of phosphoric acid groups is 2. The van der Waals surface area contributed by atoms with Gasteiger partial charge in [0.15, 0.2) is 6.29 Å². The highest BCUT2D eigenvalue weighted by molar-refractivity contribution is 7.48. The summed E-state index contributed by atoms with van der Waals surface area (Å²) in [7, 11) is -9.93. The minimum absolute atomic E-state index is 0.768. The number of carbonyl (C=O) groups is 4. The van der Waals surface area contributed by atoms with Crippen LogP contribution in [0, 0.1) is 21.7 Å². The lowest BCUT2D eigenvalue weighted by atomic mass is 9.96. The number of phosphoric ester groups is 2. The molecule has 54 heavy (non-hydrogen) atoms. The predicted molar refractivity (Wildman–Crippen MR) is 181 cm³/mol. The van der Waals surface area contributed by atoms with Crippen molar-refractivity contribution in [3.05, 3.63) is 0 Å². The summed E-state index contributed by atoms with van der Waals surface area (Å²) in [5.41, 5.74) is -4.00. The molecule has 1 unspecified atom stereocenters. The number of carbonyl (C=O) groups excluding carboxylic acids is 4. The van der Waals surface area contributed by atoms with E-state index in [1.807, 2.05) is 0 Å². The molecule has 6 atom stereocenters. The van der Waals surface area contributed by atoms with Crippen LogP contribution in [0.5, 0.6) is 0 Å². The Kier molecular flexibility index (Phi) is 18.4. The van der Waals surface area contributed by atoms with Crippen LogP contribution in [0.4, 0.5) is 0 Å². The SMILES string of the molecule is CC(C)(C)C(=O)OCOP(=O)(OCOC(=O)C(C)(C)C)OCC(O)[C@H]1O[C@H](OP(=O)(OCOC(=O)C(C)(C)C)OCOC(=O)C(C)(C)C)[C@@H](O)[C@@H](O)[C@@H]1O. The molecule has 1 aliphatic rings. The Morgan fingerprint density at radius 2 is 0.852 bits per heavy atom. The molecule has 0 spiro atoms. The zero-order valence-corrected chi connectivity index (χ0v) is 34.4. The zero-order chi connectivity index (χ0) is 42.1. The molecule has 1 fully saturated rings. The van der Waals surface area contributed by atoms with Crippen LogP contribution >= 0.6 is 15.6 Å². The van der Waals surface area contributed by atoms with Gasteiger partial charge in [0.25, 0.3) is 0 Å². The van der Waals surface area contributed by atoms with Crippen molar-refractivity contribution < 1.29 is 99.6 Å². The van der Waals surface area contributed by atoms with Crippen LogP contribution in [0.25, 0.3) is 0 Å². The van der Waals surface area contributed by atoms with Gasteiger partial charge in [-0.05, 0) is 83.1 Å². The molecular formula is C31H56O21P2. The molecule has 1 heterocycles. The molecule has 0 radical (unpaired) electrons. The summed E-state index contributed by atoms with van der Waals surface area (Å²) >= 11 is 0. The topological polar surface area (TPSA) is 285 Å². The van der Waals surface area contributed by atoms with E-state index in [0.717, 1.165) is 0 Å². The van der Waals surface area contributed by atoms with Gasteiger partial charge >= 0.3 is 39.5 Å². The van der Waals surface area contributed by atoms with Crippen LogP contribution in [-0.4, -0.2) is 115 Å². The van der Waals surface area contributed by atoms with Gasteiger partial charge in [0.05, 0.1) is 28.3 Å². The Hall–Kier alpha value is -2.10. The highest BCUT2D eigenvalue weighted by atomic mass is 31.2. The van der Waals surface area contributed by atoms with Gasteiger partial charge < -0.3 is 44.1 Å². The molecule has 0 aromatic heterocycles. The molecule has 1 saturated heterocycles. The number of ether oxygens (including phenoxy) is 5. The summed E-state index contributed by atoms with van der Waals surface area (Å²) in [5, 5.41) is 42.8. The van der Waals surface area contributed by atoms with Gasteiger partial charge in [-0.2, -0.15) is 0 Å². The lowest BCUT2D eigenvalue weighted by Crippen LogP contribution is -2.61. The molecule has 0 amide bonds. The minimum Gasteiger partial charge on any atom is -0.437 e. The van der Waals surface area contributed by atoms with Gasteiger partial charge in [-0.25, -0.2) is 27.2 Å². The van der Waals surface area contributed by atoms with Gasteiger partial charge in [0.2, 0.25) is 27.2 Å². The average molecular weight is 827 g/mol. The molecular weight excluding hydrogens is 770 g/mol. The summed E-state index contributed by atoms with van der Waals surface area (Å²) < 4.78 is 82.5. The van der Waals surface area contributed by atoms with Crippen LogP contribution in [0.2, 0.25) is 0 Å². The van der Waals surface area contributed by atoms with E-state index in [0.29, 0.717) is 0 Å². The molecule has 0 aromatic carbocycles. The maximum Gasteiger partial charge on any atom is 0.483 e. The second-order valence-electron chi connectivity index (χ2n) is 16.0. The van der Waals surface area contributed by atoms with Gasteiger partial charge in [-0.3, -0.25) is 28.2 Å². The Bertz CT molecular complexity index is 1290. The van der Waals surface area contributed by atoms with Gasteiger partial charge in [-0.15, -0.1) is 0 Å². The first kappa shape index (κ1) is 49.9. The van der Waals surface area contributed by atoms with Crippen molar-refractivity contribution in [3.8, 4) is 0 Å². The summed E-state index contributed by atoms with van der Waals surface area (Å²) in [4.78, 5) is 48.7. The Balaban J connectivity index is 3.20. The number of hydrogen-bond donors (Lipinski definition) is 4. The summed E-state index contributed by atoms with van der Waals surface area (Å²) in [6.07, 6.45) is -12.8. The van der Waals surface area contributed by atoms with Crippen LogP contribution in [0.3, 0.4) is 0 Å². The first-order valence-electron chi connectivity index (χ1n) is 16.5. The van der Waals surface area contributed by atoms with E-state index < -0.39 is 132 Å². The average Bonchev–Trinajstić information content (AvgIpc) is 3.02. The van der Waals surface area contributed by atoms with E-state index in [1.165, 1.54) is 83.1 Å². The Morgan fingerprint density at radius 3 is 1.17 bits per heavy atom. The lowest BCUT2D eigenvalue weighted by Gasteiger charge is -2.42. The fourth-order valence-corrected chi connectivity index (χ4v) is 5.23.